The Bertz CT molecular complexity index is 3390. The quantitative estimate of drug-likeness (QED) is 0.149. The van der Waals surface area contributed by atoms with Crippen molar-refractivity contribution in [2.75, 3.05) is 0 Å². The second-order valence-electron chi connectivity index (χ2n) is 15.2. The molecule has 62 heavy (non-hydrogen) atoms. The Morgan fingerprint density at radius 3 is 1.18 bits per heavy atom. The number of benzene rings is 8. The van der Waals surface area contributed by atoms with E-state index in [0.29, 0.717) is 23.0 Å². The number of nitriles is 1. The van der Waals surface area contributed by atoms with Crippen molar-refractivity contribution in [2.45, 2.75) is 0 Å². The van der Waals surface area contributed by atoms with Crippen molar-refractivity contribution >= 4 is 32.6 Å². The second-order valence-corrected chi connectivity index (χ2v) is 15.2. The Labute approximate surface area is 358 Å². The number of hydrogen-bond acceptors (Lipinski definition) is 6. The summed E-state index contributed by atoms with van der Waals surface area (Å²) in [6, 6.07) is 68.4. The summed E-state index contributed by atoms with van der Waals surface area (Å²) in [6.45, 7) is 0. The lowest BCUT2D eigenvalue weighted by Gasteiger charge is -2.17. The molecule has 0 atom stereocenters. The summed E-state index contributed by atoms with van der Waals surface area (Å²) < 4.78 is 0. The molecule has 6 heteroatoms. The highest BCUT2D eigenvalue weighted by Crippen LogP contribution is 2.44. The van der Waals surface area contributed by atoms with Crippen LogP contribution in [0.5, 0.6) is 0 Å². The molecule has 0 aliphatic heterocycles. The van der Waals surface area contributed by atoms with E-state index < -0.39 is 0 Å². The van der Waals surface area contributed by atoms with Gasteiger partial charge in [-0.25, -0.2) is 15.0 Å². The van der Waals surface area contributed by atoms with Crippen LogP contribution in [0.25, 0.3) is 111 Å². The van der Waals surface area contributed by atoms with E-state index in [1.54, 1.807) is 0 Å². The predicted molar refractivity (Wildman–Crippen MR) is 251 cm³/mol. The van der Waals surface area contributed by atoms with Gasteiger partial charge in [-0.2, -0.15) is 5.26 Å². The Morgan fingerprint density at radius 1 is 0.306 bits per heavy atom. The SMILES string of the molecule is N#Cc1c(-c2ccccc2)cc(-c2cc3c4cccnc4c(-c4cccc(-c5nc(-c6ccccc6)nc(-c6ccccc6)n5)c4)cc3c3cccnc23)cc1-c1ccccc1. The van der Waals surface area contributed by atoms with Gasteiger partial charge in [-0.1, -0.05) is 152 Å². The van der Waals surface area contributed by atoms with Crippen LogP contribution in [-0.2, 0) is 0 Å². The van der Waals surface area contributed by atoms with E-state index in [0.717, 1.165) is 93.8 Å². The van der Waals surface area contributed by atoms with Gasteiger partial charge in [-0.05, 0) is 75.5 Å². The van der Waals surface area contributed by atoms with Gasteiger partial charge >= 0.3 is 0 Å². The van der Waals surface area contributed by atoms with Crippen LogP contribution in [0.4, 0.5) is 0 Å². The van der Waals surface area contributed by atoms with Gasteiger partial charge in [0, 0.05) is 62.1 Å². The van der Waals surface area contributed by atoms with Crippen molar-refractivity contribution in [3.8, 4) is 84.7 Å². The molecule has 288 valence electrons. The summed E-state index contributed by atoms with van der Waals surface area (Å²) in [5.41, 5.74) is 12.7. The minimum absolute atomic E-state index is 0.587. The van der Waals surface area contributed by atoms with Gasteiger partial charge in [0.2, 0.25) is 0 Å². The van der Waals surface area contributed by atoms with E-state index in [1.165, 1.54) is 0 Å². The molecular weight excluding hydrogens is 757 g/mol. The van der Waals surface area contributed by atoms with Gasteiger partial charge in [0.15, 0.2) is 17.5 Å². The maximum absolute atomic E-state index is 10.7. The molecule has 3 aromatic heterocycles. The second kappa shape index (κ2) is 15.5. The molecule has 6 nitrogen and oxygen atoms in total. The topological polar surface area (TPSA) is 88.2 Å². The van der Waals surface area contributed by atoms with E-state index in [-0.39, 0.29) is 0 Å². The first kappa shape index (κ1) is 36.4. The van der Waals surface area contributed by atoms with E-state index >= 15 is 0 Å². The number of aromatic nitrogens is 5. The summed E-state index contributed by atoms with van der Waals surface area (Å²) >= 11 is 0. The largest absolute Gasteiger partial charge is 0.256 e. The third-order valence-corrected chi connectivity index (χ3v) is 11.4. The molecule has 0 radical (unpaired) electrons. The molecule has 0 N–H and O–H groups in total. The highest BCUT2D eigenvalue weighted by Gasteiger charge is 2.20. The van der Waals surface area contributed by atoms with Crippen molar-refractivity contribution in [3.63, 3.8) is 0 Å². The average molecular weight is 791 g/mol. The normalized spacial score (nSPS) is 11.2. The summed E-state index contributed by atoms with van der Waals surface area (Å²) in [5.74, 6) is 1.81. The molecule has 0 bridgehead atoms. The number of nitrogens with zero attached hydrogens (tertiary/aromatic N) is 6. The van der Waals surface area contributed by atoms with Crippen LogP contribution in [-0.4, -0.2) is 24.9 Å². The standard InChI is InChI=1S/C56H34N6/c57-35-51-45(36-16-5-1-6-17-36)31-42(32-46(51)37-18-7-2-8-19-37)48-34-50-43-26-14-28-58-52(43)47(33-49(50)44-27-15-29-59-53(44)48)40-24-13-25-41(30-40)56-61-54(38-20-9-3-10-21-38)60-55(62-56)39-22-11-4-12-23-39/h1-34H. The van der Waals surface area contributed by atoms with Crippen LogP contribution < -0.4 is 0 Å². The summed E-state index contributed by atoms with van der Waals surface area (Å²) in [7, 11) is 0. The fraction of sp³-hybridized carbons (Fsp3) is 0. The molecule has 0 fully saturated rings. The van der Waals surface area contributed by atoms with E-state index in [2.05, 4.69) is 91.0 Å². The van der Waals surface area contributed by atoms with Crippen LogP contribution in [0.2, 0.25) is 0 Å². The fourth-order valence-electron chi connectivity index (χ4n) is 8.51. The first-order valence-corrected chi connectivity index (χ1v) is 20.5. The highest BCUT2D eigenvalue weighted by molar-refractivity contribution is 6.22. The lowest BCUT2D eigenvalue weighted by molar-refractivity contribution is 1.07. The third-order valence-electron chi connectivity index (χ3n) is 11.4. The fourth-order valence-corrected chi connectivity index (χ4v) is 8.51. The van der Waals surface area contributed by atoms with E-state index in [9.17, 15) is 5.26 Å². The Hall–Kier alpha value is -8.66. The molecule has 0 aliphatic carbocycles. The van der Waals surface area contributed by atoms with Crippen molar-refractivity contribution in [1.29, 1.82) is 5.26 Å². The van der Waals surface area contributed by atoms with Crippen molar-refractivity contribution in [3.05, 3.63) is 212 Å². The maximum atomic E-state index is 10.7. The highest BCUT2D eigenvalue weighted by atomic mass is 15.0. The predicted octanol–water partition coefficient (Wildman–Crippen LogP) is 13.7. The van der Waals surface area contributed by atoms with Crippen LogP contribution in [0.15, 0.2) is 207 Å². The minimum Gasteiger partial charge on any atom is -0.256 e. The van der Waals surface area contributed by atoms with Gasteiger partial charge in [-0.3, -0.25) is 9.97 Å². The first-order valence-electron chi connectivity index (χ1n) is 20.5. The summed E-state index contributed by atoms with van der Waals surface area (Å²) in [4.78, 5) is 25.0. The molecular formula is C56H34N6. The molecule has 0 aliphatic rings. The summed E-state index contributed by atoms with van der Waals surface area (Å²) in [5, 5.41) is 14.8. The van der Waals surface area contributed by atoms with Gasteiger partial charge in [0.25, 0.3) is 0 Å². The zero-order valence-electron chi connectivity index (χ0n) is 33.3. The molecule has 3 heterocycles. The summed E-state index contributed by atoms with van der Waals surface area (Å²) in [6.07, 6.45) is 3.71. The monoisotopic (exact) mass is 790 g/mol. The van der Waals surface area contributed by atoms with Gasteiger partial charge in [0.1, 0.15) is 6.07 Å². The van der Waals surface area contributed by atoms with Gasteiger partial charge < -0.3 is 0 Å². The minimum atomic E-state index is 0.587. The van der Waals surface area contributed by atoms with Crippen molar-refractivity contribution in [2.24, 2.45) is 0 Å². The number of hydrogen-bond donors (Lipinski definition) is 0. The number of fused-ring (bicyclic) bond motifs is 5. The number of rotatable bonds is 7. The van der Waals surface area contributed by atoms with Crippen LogP contribution in [0.1, 0.15) is 5.56 Å². The lowest BCUT2D eigenvalue weighted by Crippen LogP contribution is -2.00. The zero-order valence-corrected chi connectivity index (χ0v) is 33.3. The van der Waals surface area contributed by atoms with Crippen molar-refractivity contribution in [1.82, 2.24) is 24.9 Å². The molecule has 0 unspecified atom stereocenters. The molecule has 11 rings (SSSR count). The van der Waals surface area contributed by atoms with Gasteiger partial charge in [-0.15, -0.1) is 0 Å². The molecule has 0 saturated carbocycles. The lowest BCUT2D eigenvalue weighted by atomic mass is 9.86. The van der Waals surface area contributed by atoms with E-state index in [1.807, 2.05) is 122 Å². The molecule has 0 spiro atoms. The number of pyridine rings is 2. The van der Waals surface area contributed by atoms with Crippen molar-refractivity contribution < 1.29 is 0 Å². The first-order chi connectivity index (χ1) is 30.7. The van der Waals surface area contributed by atoms with Crippen LogP contribution in [0, 0.1) is 11.3 Å². The molecule has 11 aromatic rings. The Morgan fingerprint density at radius 2 is 0.710 bits per heavy atom. The zero-order chi connectivity index (χ0) is 41.4. The average Bonchev–Trinajstić information content (AvgIpc) is 3.36. The third kappa shape index (κ3) is 6.51. The van der Waals surface area contributed by atoms with Crippen LogP contribution >= 0.6 is 0 Å². The maximum Gasteiger partial charge on any atom is 0.164 e. The smallest absolute Gasteiger partial charge is 0.164 e. The van der Waals surface area contributed by atoms with E-state index in [4.69, 9.17) is 24.9 Å². The molecule has 0 saturated heterocycles. The Kier molecular flexibility index (Phi) is 9.11. The van der Waals surface area contributed by atoms with Crippen LogP contribution in [0.3, 0.4) is 0 Å². The van der Waals surface area contributed by atoms with Gasteiger partial charge in [0.05, 0.1) is 16.6 Å². The molecule has 0 amide bonds. The molecule has 8 aromatic carbocycles. The Balaban J connectivity index is 1.12.